The number of hydrogen-bond acceptors (Lipinski definition) is 3. The Morgan fingerprint density at radius 1 is 1.00 bits per heavy atom. The predicted molar refractivity (Wildman–Crippen MR) is 105 cm³/mol. The zero-order valence-corrected chi connectivity index (χ0v) is 15.6. The van der Waals surface area contributed by atoms with Gasteiger partial charge in [-0.25, -0.2) is 0 Å². The topological polar surface area (TPSA) is 71.1 Å². The van der Waals surface area contributed by atoms with E-state index in [1.165, 1.54) is 19.0 Å². The summed E-state index contributed by atoms with van der Waals surface area (Å²) in [5, 5.41) is 6.06. The van der Waals surface area contributed by atoms with Gasteiger partial charge < -0.3 is 10.6 Å². The minimum Gasteiger partial charge on any atom is -0.352 e. The molecule has 2 aromatic rings. The second kappa shape index (κ2) is 9.86. The molecule has 3 rings (SSSR count). The molecule has 142 valence electrons. The van der Waals surface area contributed by atoms with Crippen LogP contribution in [0.25, 0.3) is 0 Å². The standard InChI is InChI=1S/C22H27N3O2/c26-21(18-11-8-14-23-16-18)25-20(15-17-9-4-3-5-10-17)22(27)24-19-12-6-1-2-7-13-19/h3-5,8-11,14,16,19-20H,1-2,6-7,12-13,15H2,(H,24,27)(H,25,26). The Morgan fingerprint density at radius 2 is 1.74 bits per heavy atom. The molecule has 2 N–H and O–H groups in total. The minimum absolute atomic E-state index is 0.108. The summed E-state index contributed by atoms with van der Waals surface area (Å²) in [6, 6.07) is 12.8. The van der Waals surface area contributed by atoms with Crippen molar-refractivity contribution in [3.05, 3.63) is 66.0 Å². The van der Waals surface area contributed by atoms with Crippen molar-refractivity contribution in [3.63, 3.8) is 0 Å². The number of hydrogen-bond donors (Lipinski definition) is 2. The molecule has 0 saturated heterocycles. The molecule has 1 aliphatic rings. The summed E-state index contributed by atoms with van der Waals surface area (Å²) < 4.78 is 0. The van der Waals surface area contributed by atoms with Crippen LogP contribution in [0.15, 0.2) is 54.9 Å². The first-order chi connectivity index (χ1) is 13.2. The Bertz CT molecular complexity index is 726. The van der Waals surface area contributed by atoms with E-state index in [4.69, 9.17) is 0 Å². The third-order valence-electron chi connectivity index (χ3n) is 5.03. The van der Waals surface area contributed by atoms with Crippen LogP contribution in [-0.4, -0.2) is 28.9 Å². The quantitative estimate of drug-likeness (QED) is 0.772. The van der Waals surface area contributed by atoms with Gasteiger partial charge in [0.25, 0.3) is 5.91 Å². The fourth-order valence-corrected chi connectivity index (χ4v) is 3.52. The van der Waals surface area contributed by atoms with E-state index in [1.807, 2.05) is 30.3 Å². The number of pyridine rings is 1. The van der Waals surface area contributed by atoms with Crippen molar-refractivity contribution in [3.8, 4) is 0 Å². The van der Waals surface area contributed by atoms with E-state index in [0.717, 1.165) is 31.2 Å². The van der Waals surface area contributed by atoms with E-state index >= 15 is 0 Å². The Labute approximate surface area is 160 Å². The average molecular weight is 365 g/mol. The molecule has 1 unspecified atom stereocenters. The second-order valence-electron chi connectivity index (χ2n) is 7.15. The van der Waals surface area contributed by atoms with Crippen molar-refractivity contribution in [2.45, 2.75) is 57.0 Å². The van der Waals surface area contributed by atoms with E-state index in [9.17, 15) is 9.59 Å². The van der Waals surface area contributed by atoms with E-state index in [-0.39, 0.29) is 17.9 Å². The molecule has 0 bridgehead atoms. The molecule has 0 radical (unpaired) electrons. The lowest BCUT2D eigenvalue weighted by Crippen LogP contribution is -2.50. The predicted octanol–water partition coefficient (Wildman–Crippen LogP) is 3.26. The molecule has 1 aromatic carbocycles. The van der Waals surface area contributed by atoms with Crippen molar-refractivity contribution in [2.75, 3.05) is 0 Å². The Balaban J connectivity index is 1.70. The first kappa shape index (κ1) is 19.1. The average Bonchev–Trinajstić information content (AvgIpc) is 2.97. The molecule has 27 heavy (non-hydrogen) atoms. The van der Waals surface area contributed by atoms with Crippen LogP contribution < -0.4 is 10.6 Å². The lowest BCUT2D eigenvalue weighted by atomic mass is 10.0. The molecule has 5 nitrogen and oxygen atoms in total. The van der Waals surface area contributed by atoms with Crippen LogP contribution in [0.4, 0.5) is 0 Å². The molecule has 2 amide bonds. The second-order valence-corrected chi connectivity index (χ2v) is 7.15. The number of carbonyl (C=O) groups is 2. The highest BCUT2D eigenvalue weighted by molar-refractivity contribution is 5.97. The summed E-state index contributed by atoms with van der Waals surface area (Å²) in [6.07, 6.45) is 10.4. The van der Waals surface area contributed by atoms with Crippen molar-refractivity contribution in [2.24, 2.45) is 0 Å². The van der Waals surface area contributed by atoms with Gasteiger partial charge in [0.05, 0.1) is 5.56 Å². The van der Waals surface area contributed by atoms with E-state index in [1.54, 1.807) is 18.3 Å². The van der Waals surface area contributed by atoms with E-state index in [0.29, 0.717) is 12.0 Å². The summed E-state index contributed by atoms with van der Waals surface area (Å²) in [4.78, 5) is 29.5. The molecule has 1 atom stereocenters. The molecule has 1 aromatic heterocycles. The number of carbonyl (C=O) groups excluding carboxylic acids is 2. The number of nitrogens with zero attached hydrogens (tertiary/aromatic N) is 1. The lowest BCUT2D eigenvalue weighted by molar-refractivity contribution is -0.123. The summed E-state index contributed by atoms with van der Waals surface area (Å²) >= 11 is 0. The maximum absolute atomic E-state index is 13.0. The monoisotopic (exact) mass is 365 g/mol. The van der Waals surface area contributed by atoms with Gasteiger partial charge >= 0.3 is 0 Å². The van der Waals surface area contributed by atoms with Gasteiger partial charge in [0.2, 0.25) is 5.91 Å². The first-order valence-electron chi connectivity index (χ1n) is 9.77. The fraction of sp³-hybridized carbons (Fsp3) is 0.409. The molecule has 0 spiro atoms. The first-order valence-corrected chi connectivity index (χ1v) is 9.77. The zero-order valence-electron chi connectivity index (χ0n) is 15.6. The summed E-state index contributed by atoms with van der Waals surface area (Å²) in [7, 11) is 0. The molecular weight excluding hydrogens is 338 g/mol. The normalized spacial score (nSPS) is 16.1. The zero-order chi connectivity index (χ0) is 18.9. The lowest BCUT2D eigenvalue weighted by Gasteiger charge is -2.23. The smallest absolute Gasteiger partial charge is 0.253 e. The number of benzene rings is 1. The number of aromatic nitrogens is 1. The van der Waals surface area contributed by atoms with Gasteiger partial charge in [0.15, 0.2) is 0 Å². The van der Waals surface area contributed by atoms with Crippen LogP contribution in [0.3, 0.4) is 0 Å². The SMILES string of the molecule is O=C(NC(Cc1ccccc1)C(=O)NC1CCCCCC1)c1cccnc1. The summed E-state index contributed by atoms with van der Waals surface area (Å²) in [6.45, 7) is 0. The van der Waals surface area contributed by atoms with Crippen LogP contribution >= 0.6 is 0 Å². The van der Waals surface area contributed by atoms with Crippen molar-refractivity contribution in [1.82, 2.24) is 15.6 Å². The highest BCUT2D eigenvalue weighted by Gasteiger charge is 2.24. The van der Waals surface area contributed by atoms with Crippen LogP contribution in [-0.2, 0) is 11.2 Å². The molecule has 0 aliphatic heterocycles. The Hall–Kier alpha value is -2.69. The van der Waals surface area contributed by atoms with E-state index in [2.05, 4.69) is 15.6 Å². The molecule has 1 fully saturated rings. The van der Waals surface area contributed by atoms with Gasteiger partial charge in [-0.2, -0.15) is 0 Å². The number of nitrogens with one attached hydrogen (secondary N) is 2. The maximum Gasteiger partial charge on any atom is 0.253 e. The molecule has 1 heterocycles. The van der Waals surface area contributed by atoms with Crippen molar-refractivity contribution in [1.29, 1.82) is 0 Å². The van der Waals surface area contributed by atoms with Crippen LogP contribution in [0, 0.1) is 0 Å². The van der Waals surface area contributed by atoms with Gasteiger partial charge in [-0.1, -0.05) is 56.0 Å². The molecule has 1 aliphatic carbocycles. The molecule has 1 saturated carbocycles. The highest BCUT2D eigenvalue weighted by atomic mass is 16.2. The van der Waals surface area contributed by atoms with Gasteiger partial charge in [-0.05, 0) is 30.5 Å². The minimum atomic E-state index is -0.608. The highest BCUT2D eigenvalue weighted by Crippen LogP contribution is 2.17. The van der Waals surface area contributed by atoms with Crippen LogP contribution in [0.1, 0.15) is 54.4 Å². The number of rotatable bonds is 6. The van der Waals surface area contributed by atoms with Crippen molar-refractivity contribution >= 4 is 11.8 Å². The van der Waals surface area contributed by atoms with Gasteiger partial charge in [-0.3, -0.25) is 14.6 Å². The van der Waals surface area contributed by atoms with E-state index < -0.39 is 6.04 Å². The molecular formula is C22H27N3O2. The van der Waals surface area contributed by atoms with Gasteiger partial charge in [0, 0.05) is 24.9 Å². The third kappa shape index (κ3) is 5.91. The maximum atomic E-state index is 13.0. The number of amides is 2. The largest absolute Gasteiger partial charge is 0.352 e. The summed E-state index contributed by atoms with van der Waals surface area (Å²) in [5.74, 6) is -0.386. The van der Waals surface area contributed by atoms with Gasteiger partial charge in [-0.15, -0.1) is 0 Å². The Kier molecular flexibility index (Phi) is 6.97. The molecule has 5 heteroatoms. The summed E-state index contributed by atoms with van der Waals surface area (Å²) in [5.41, 5.74) is 1.47. The van der Waals surface area contributed by atoms with Gasteiger partial charge in [0.1, 0.15) is 6.04 Å². The third-order valence-corrected chi connectivity index (χ3v) is 5.03. The Morgan fingerprint density at radius 3 is 2.41 bits per heavy atom. The van der Waals surface area contributed by atoms with Crippen LogP contribution in [0.5, 0.6) is 0 Å². The van der Waals surface area contributed by atoms with Crippen molar-refractivity contribution < 1.29 is 9.59 Å². The fourth-order valence-electron chi connectivity index (χ4n) is 3.52. The van der Waals surface area contributed by atoms with Crippen LogP contribution in [0.2, 0.25) is 0 Å².